The highest BCUT2D eigenvalue weighted by molar-refractivity contribution is 7.97. The van der Waals surface area contributed by atoms with Gasteiger partial charge in [0, 0.05) is 11.8 Å². The number of amides is 1. The lowest BCUT2D eigenvalue weighted by molar-refractivity contribution is 0.0984. The number of hydrogen-bond acceptors (Lipinski definition) is 4. The Morgan fingerprint density at radius 3 is 3.00 bits per heavy atom. The molecule has 0 aliphatic carbocycles. The molecule has 1 aromatic rings. The monoisotopic (exact) mass is 211 g/mol. The van der Waals surface area contributed by atoms with Gasteiger partial charge in [-0.15, -0.1) is 0 Å². The van der Waals surface area contributed by atoms with Gasteiger partial charge in [0.05, 0.1) is 0 Å². The second kappa shape index (κ2) is 3.79. The highest BCUT2D eigenvalue weighted by Gasteiger charge is 2.15. The van der Waals surface area contributed by atoms with Crippen LogP contribution in [-0.4, -0.2) is 19.0 Å². The van der Waals surface area contributed by atoms with Crippen LogP contribution in [0.2, 0.25) is 0 Å². The van der Waals surface area contributed by atoms with Crippen LogP contribution in [0.5, 0.6) is 11.5 Å². The maximum Gasteiger partial charge on any atom is 0.261 e. The summed E-state index contributed by atoms with van der Waals surface area (Å²) in [5.41, 5.74) is 0.573. The molecule has 14 heavy (non-hydrogen) atoms. The first-order valence-corrected chi connectivity index (χ1v) is 5.26. The van der Waals surface area contributed by atoms with Crippen LogP contribution in [0.15, 0.2) is 18.2 Å². The molecule has 0 saturated heterocycles. The number of nitrogens with one attached hydrogen (secondary N) is 1. The lowest BCUT2D eigenvalue weighted by Crippen LogP contribution is -2.14. The van der Waals surface area contributed by atoms with E-state index < -0.39 is 0 Å². The second-order valence-corrected chi connectivity index (χ2v) is 3.32. The Morgan fingerprint density at radius 2 is 2.21 bits per heavy atom. The fourth-order valence-corrected chi connectivity index (χ4v) is 1.49. The normalized spacial score (nSPS) is 12.6. The Kier molecular flexibility index (Phi) is 2.49. The Bertz CT molecular complexity index is 367. The molecule has 0 fully saturated rings. The molecular formula is C9H9NO3S. The van der Waals surface area contributed by atoms with Crippen molar-refractivity contribution in [3.63, 3.8) is 0 Å². The molecule has 0 bridgehead atoms. The standard InChI is InChI=1S/C9H9NO3S/c1-14-10-9(11)6-2-3-7-8(4-6)13-5-12-7/h2-4H,5H2,1H3,(H,10,11). The van der Waals surface area contributed by atoms with Crippen LogP contribution in [0, 0.1) is 0 Å². The minimum atomic E-state index is -0.129. The number of hydrogen-bond donors (Lipinski definition) is 1. The van der Waals surface area contributed by atoms with Crippen molar-refractivity contribution in [1.82, 2.24) is 4.72 Å². The van der Waals surface area contributed by atoms with Crippen molar-refractivity contribution >= 4 is 17.9 Å². The summed E-state index contributed by atoms with van der Waals surface area (Å²) in [5, 5.41) is 0. The number of carbonyl (C=O) groups excluding carboxylic acids is 1. The minimum Gasteiger partial charge on any atom is -0.454 e. The quantitative estimate of drug-likeness (QED) is 0.752. The molecule has 4 nitrogen and oxygen atoms in total. The topological polar surface area (TPSA) is 47.6 Å². The summed E-state index contributed by atoms with van der Waals surface area (Å²) in [7, 11) is 0. The summed E-state index contributed by atoms with van der Waals surface area (Å²) in [6.45, 7) is 0.225. The molecule has 74 valence electrons. The maximum absolute atomic E-state index is 11.4. The van der Waals surface area contributed by atoms with Crippen molar-refractivity contribution in [2.24, 2.45) is 0 Å². The Labute approximate surface area is 85.7 Å². The molecule has 1 aliphatic heterocycles. The van der Waals surface area contributed by atoms with Crippen LogP contribution >= 0.6 is 11.9 Å². The number of ether oxygens (including phenoxy) is 2. The third-order valence-electron chi connectivity index (χ3n) is 1.83. The molecule has 0 spiro atoms. The molecule has 2 rings (SSSR count). The zero-order valence-corrected chi connectivity index (χ0v) is 8.39. The molecule has 0 atom stereocenters. The summed E-state index contributed by atoms with van der Waals surface area (Å²) in [6, 6.07) is 5.12. The average molecular weight is 211 g/mol. The first-order valence-electron chi connectivity index (χ1n) is 4.04. The first kappa shape index (κ1) is 9.21. The van der Waals surface area contributed by atoms with Crippen LogP contribution in [0.25, 0.3) is 0 Å². The number of rotatable bonds is 2. The molecular weight excluding hydrogens is 202 g/mol. The Hall–Kier alpha value is -1.36. The van der Waals surface area contributed by atoms with Gasteiger partial charge in [-0.2, -0.15) is 0 Å². The lowest BCUT2D eigenvalue weighted by Gasteiger charge is -2.02. The molecule has 0 aromatic heterocycles. The smallest absolute Gasteiger partial charge is 0.261 e. The third kappa shape index (κ3) is 1.63. The lowest BCUT2D eigenvalue weighted by atomic mass is 10.2. The van der Waals surface area contributed by atoms with Gasteiger partial charge in [0.15, 0.2) is 11.5 Å². The van der Waals surface area contributed by atoms with Gasteiger partial charge in [-0.3, -0.25) is 9.52 Å². The van der Waals surface area contributed by atoms with Crippen LogP contribution in [0.4, 0.5) is 0 Å². The molecule has 5 heteroatoms. The fraction of sp³-hybridized carbons (Fsp3) is 0.222. The highest BCUT2D eigenvalue weighted by Crippen LogP contribution is 2.32. The molecule has 0 saturated carbocycles. The summed E-state index contributed by atoms with van der Waals surface area (Å²) in [4.78, 5) is 11.4. The van der Waals surface area contributed by atoms with Crippen LogP contribution in [0.3, 0.4) is 0 Å². The summed E-state index contributed by atoms with van der Waals surface area (Å²) in [5.74, 6) is 1.18. The van der Waals surface area contributed by atoms with Crippen LogP contribution in [-0.2, 0) is 0 Å². The molecule has 0 radical (unpaired) electrons. The third-order valence-corrected chi connectivity index (χ3v) is 2.22. The SMILES string of the molecule is CSNC(=O)c1ccc2c(c1)OCO2. The van der Waals surface area contributed by atoms with E-state index in [1.54, 1.807) is 24.5 Å². The Balaban J connectivity index is 2.24. The van der Waals surface area contributed by atoms with Gasteiger partial charge in [-0.05, 0) is 18.2 Å². The van der Waals surface area contributed by atoms with Gasteiger partial charge in [0.1, 0.15) is 0 Å². The predicted octanol–water partition coefficient (Wildman–Crippen LogP) is 1.42. The second-order valence-electron chi connectivity index (χ2n) is 2.70. The molecule has 1 aliphatic rings. The summed E-state index contributed by atoms with van der Waals surface area (Å²) < 4.78 is 12.9. The van der Waals surface area contributed by atoms with E-state index in [1.165, 1.54) is 11.9 Å². The molecule has 0 unspecified atom stereocenters. The van der Waals surface area contributed by atoms with Crippen molar-refractivity contribution in [3.8, 4) is 11.5 Å². The highest BCUT2D eigenvalue weighted by atomic mass is 32.2. The van der Waals surface area contributed by atoms with Crippen molar-refractivity contribution in [1.29, 1.82) is 0 Å². The minimum absolute atomic E-state index is 0.129. The molecule has 1 amide bonds. The van der Waals surface area contributed by atoms with E-state index in [9.17, 15) is 4.79 Å². The van der Waals surface area contributed by atoms with Gasteiger partial charge in [-0.25, -0.2) is 0 Å². The average Bonchev–Trinajstić information content (AvgIpc) is 2.64. The van der Waals surface area contributed by atoms with Crippen LogP contribution in [0.1, 0.15) is 10.4 Å². The van der Waals surface area contributed by atoms with E-state index in [2.05, 4.69) is 4.72 Å². The van der Waals surface area contributed by atoms with Gasteiger partial charge in [-0.1, -0.05) is 11.9 Å². The van der Waals surface area contributed by atoms with Crippen molar-refractivity contribution in [2.45, 2.75) is 0 Å². The maximum atomic E-state index is 11.4. The summed E-state index contributed by atoms with van der Waals surface area (Å²) in [6.07, 6.45) is 1.80. The zero-order chi connectivity index (χ0) is 9.97. The predicted molar refractivity (Wildman–Crippen MR) is 53.5 cm³/mol. The van der Waals surface area contributed by atoms with Gasteiger partial charge in [0.25, 0.3) is 5.91 Å². The van der Waals surface area contributed by atoms with Crippen LogP contribution < -0.4 is 14.2 Å². The fourth-order valence-electron chi connectivity index (χ4n) is 1.19. The van der Waals surface area contributed by atoms with E-state index in [0.717, 1.165) is 0 Å². The van der Waals surface area contributed by atoms with E-state index >= 15 is 0 Å². The number of benzene rings is 1. The summed E-state index contributed by atoms with van der Waals surface area (Å²) >= 11 is 1.27. The largest absolute Gasteiger partial charge is 0.454 e. The van der Waals surface area contributed by atoms with E-state index in [-0.39, 0.29) is 12.7 Å². The number of carbonyl (C=O) groups is 1. The Morgan fingerprint density at radius 1 is 1.43 bits per heavy atom. The van der Waals surface area contributed by atoms with Gasteiger partial charge < -0.3 is 9.47 Å². The van der Waals surface area contributed by atoms with Crippen molar-refractivity contribution in [2.75, 3.05) is 13.0 Å². The van der Waals surface area contributed by atoms with Crippen molar-refractivity contribution < 1.29 is 14.3 Å². The molecule has 1 heterocycles. The zero-order valence-electron chi connectivity index (χ0n) is 7.57. The van der Waals surface area contributed by atoms with E-state index in [1.807, 2.05) is 0 Å². The van der Waals surface area contributed by atoms with E-state index in [4.69, 9.17) is 9.47 Å². The van der Waals surface area contributed by atoms with Crippen molar-refractivity contribution in [3.05, 3.63) is 23.8 Å². The first-order chi connectivity index (χ1) is 6.81. The number of fused-ring (bicyclic) bond motifs is 1. The van der Waals surface area contributed by atoms with E-state index in [0.29, 0.717) is 17.1 Å². The van der Waals surface area contributed by atoms with Gasteiger partial charge >= 0.3 is 0 Å². The van der Waals surface area contributed by atoms with Gasteiger partial charge in [0.2, 0.25) is 6.79 Å². The molecule has 1 N–H and O–H groups in total. The molecule has 1 aromatic carbocycles.